The Morgan fingerprint density at radius 1 is 1.15 bits per heavy atom. The highest BCUT2D eigenvalue weighted by molar-refractivity contribution is 5.87. The van der Waals surface area contributed by atoms with Crippen LogP contribution >= 0.6 is 0 Å². The molecule has 9 heteroatoms. The lowest BCUT2D eigenvalue weighted by Gasteiger charge is -2.29. The summed E-state index contributed by atoms with van der Waals surface area (Å²) < 4.78 is 0. The number of carbonyl (C=O) groups is 2. The predicted octanol–water partition coefficient (Wildman–Crippen LogP) is -3.50. The molecule has 1 aliphatic rings. The molecule has 9 nitrogen and oxygen atoms in total. The second kappa shape index (κ2) is 6.95. The SMILES string of the molecule is O=C(O)C1CCCN1C(=O)C(O)C(O)C(O)C(O)CO. The van der Waals surface area contributed by atoms with Gasteiger partial charge in [-0.2, -0.15) is 0 Å². The van der Waals surface area contributed by atoms with Gasteiger partial charge >= 0.3 is 5.97 Å². The van der Waals surface area contributed by atoms with Gasteiger partial charge in [-0.3, -0.25) is 4.79 Å². The first kappa shape index (κ1) is 16.8. The topological polar surface area (TPSA) is 159 Å². The van der Waals surface area contributed by atoms with Crippen LogP contribution in [0.4, 0.5) is 0 Å². The van der Waals surface area contributed by atoms with Gasteiger partial charge in [0.25, 0.3) is 5.91 Å². The Morgan fingerprint density at radius 2 is 1.75 bits per heavy atom. The van der Waals surface area contributed by atoms with Gasteiger partial charge in [-0.15, -0.1) is 0 Å². The number of amides is 1. The molecule has 0 aromatic carbocycles. The summed E-state index contributed by atoms with van der Waals surface area (Å²) in [6, 6.07) is -1.08. The van der Waals surface area contributed by atoms with E-state index >= 15 is 0 Å². The van der Waals surface area contributed by atoms with E-state index in [1.165, 1.54) is 0 Å². The minimum Gasteiger partial charge on any atom is -0.480 e. The molecular formula is C11H19NO8. The Morgan fingerprint density at radius 3 is 2.25 bits per heavy atom. The van der Waals surface area contributed by atoms with Crippen molar-refractivity contribution in [3.05, 3.63) is 0 Å². The number of aliphatic hydroxyl groups excluding tert-OH is 5. The van der Waals surface area contributed by atoms with Gasteiger partial charge in [-0.05, 0) is 12.8 Å². The van der Waals surface area contributed by atoms with Gasteiger partial charge in [0.15, 0.2) is 6.10 Å². The number of carbonyl (C=O) groups excluding carboxylic acids is 1. The number of aliphatic carboxylic acids is 1. The Labute approximate surface area is 114 Å². The molecule has 0 bridgehead atoms. The van der Waals surface area contributed by atoms with Crippen LogP contribution in [0.1, 0.15) is 12.8 Å². The van der Waals surface area contributed by atoms with Gasteiger partial charge in [-0.1, -0.05) is 0 Å². The van der Waals surface area contributed by atoms with Gasteiger partial charge in [0.05, 0.1) is 6.61 Å². The molecule has 1 saturated heterocycles. The quantitative estimate of drug-likeness (QED) is 0.294. The molecule has 6 N–H and O–H groups in total. The van der Waals surface area contributed by atoms with Crippen molar-refractivity contribution in [2.24, 2.45) is 0 Å². The number of aliphatic hydroxyl groups is 5. The summed E-state index contributed by atoms with van der Waals surface area (Å²) in [5, 5.41) is 55.4. The fraction of sp³-hybridized carbons (Fsp3) is 0.818. The van der Waals surface area contributed by atoms with Crippen molar-refractivity contribution in [3.63, 3.8) is 0 Å². The number of nitrogens with zero attached hydrogens (tertiary/aromatic N) is 1. The number of rotatable bonds is 6. The highest BCUT2D eigenvalue weighted by atomic mass is 16.4. The molecule has 0 saturated carbocycles. The Balaban J connectivity index is 2.73. The molecule has 0 spiro atoms. The maximum atomic E-state index is 11.9. The number of carboxylic acids is 1. The molecule has 1 aliphatic heterocycles. The molecule has 116 valence electrons. The number of likely N-dealkylation sites (tertiary alicyclic amines) is 1. The van der Waals surface area contributed by atoms with Crippen molar-refractivity contribution in [1.82, 2.24) is 4.90 Å². The van der Waals surface area contributed by atoms with Crippen LogP contribution in [0, 0.1) is 0 Å². The van der Waals surface area contributed by atoms with E-state index in [2.05, 4.69) is 0 Å². The van der Waals surface area contributed by atoms with E-state index in [9.17, 15) is 24.9 Å². The van der Waals surface area contributed by atoms with E-state index in [1.807, 2.05) is 0 Å². The summed E-state index contributed by atoms with van der Waals surface area (Å²) in [7, 11) is 0. The van der Waals surface area contributed by atoms with E-state index in [0.717, 1.165) is 4.90 Å². The fourth-order valence-electron chi connectivity index (χ4n) is 2.13. The third-order valence-electron chi connectivity index (χ3n) is 3.33. The Hall–Kier alpha value is -1.26. The van der Waals surface area contributed by atoms with Gasteiger partial charge in [0.2, 0.25) is 0 Å². The highest BCUT2D eigenvalue weighted by Gasteiger charge is 2.41. The van der Waals surface area contributed by atoms with E-state index in [-0.39, 0.29) is 13.0 Å². The summed E-state index contributed by atoms with van der Waals surface area (Å²) in [5.74, 6) is -2.25. The van der Waals surface area contributed by atoms with Crippen molar-refractivity contribution in [1.29, 1.82) is 0 Å². The lowest BCUT2D eigenvalue weighted by atomic mass is 10.0. The molecule has 0 aromatic heterocycles. The van der Waals surface area contributed by atoms with E-state index in [0.29, 0.717) is 6.42 Å². The zero-order valence-electron chi connectivity index (χ0n) is 10.7. The smallest absolute Gasteiger partial charge is 0.326 e. The maximum Gasteiger partial charge on any atom is 0.326 e. The monoisotopic (exact) mass is 293 g/mol. The van der Waals surface area contributed by atoms with E-state index < -0.39 is 48.9 Å². The first-order valence-corrected chi connectivity index (χ1v) is 6.17. The van der Waals surface area contributed by atoms with Gasteiger partial charge in [-0.25, -0.2) is 4.79 Å². The fourth-order valence-corrected chi connectivity index (χ4v) is 2.13. The predicted molar refractivity (Wildman–Crippen MR) is 63.5 cm³/mol. The van der Waals surface area contributed by atoms with Crippen LogP contribution in [0.3, 0.4) is 0 Å². The van der Waals surface area contributed by atoms with E-state index in [4.69, 9.17) is 15.3 Å². The number of carboxylic acid groups (broad SMARTS) is 1. The minimum atomic E-state index is -2.08. The zero-order valence-corrected chi connectivity index (χ0v) is 10.7. The second-order valence-electron chi connectivity index (χ2n) is 4.70. The van der Waals surface area contributed by atoms with Crippen molar-refractivity contribution in [3.8, 4) is 0 Å². The largest absolute Gasteiger partial charge is 0.480 e. The Bertz CT molecular complexity index is 362. The standard InChI is InChI=1S/C11H19NO8/c13-4-6(14)7(15)8(16)9(17)10(18)12-3-1-2-5(12)11(19)20/h5-9,13-17H,1-4H2,(H,19,20). The molecule has 0 aromatic rings. The van der Waals surface area contributed by atoms with Crippen LogP contribution in [0.15, 0.2) is 0 Å². The first-order valence-electron chi connectivity index (χ1n) is 6.17. The normalized spacial score (nSPS) is 25.1. The van der Waals surface area contributed by atoms with Crippen LogP contribution in [-0.2, 0) is 9.59 Å². The van der Waals surface area contributed by atoms with Crippen LogP contribution in [0.2, 0.25) is 0 Å². The number of hydrogen-bond donors (Lipinski definition) is 6. The molecule has 0 aliphatic carbocycles. The highest BCUT2D eigenvalue weighted by Crippen LogP contribution is 2.20. The lowest BCUT2D eigenvalue weighted by molar-refractivity contribution is -0.163. The molecule has 1 heterocycles. The zero-order chi connectivity index (χ0) is 15.4. The summed E-state index contributed by atoms with van der Waals surface area (Å²) in [6.45, 7) is -0.737. The lowest BCUT2D eigenvalue weighted by Crippen LogP contribution is -2.54. The van der Waals surface area contributed by atoms with Crippen LogP contribution in [0.25, 0.3) is 0 Å². The van der Waals surface area contributed by atoms with Gasteiger partial charge in [0, 0.05) is 6.54 Å². The molecular weight excluding hydrogens is 274 g/mol. The molecule has 5 unspecified atom stereocenters. The third kappa shape index (κ3) is 3.44. The first-order chi connectivity index (χ1) is 9.31. The molecule has 5 atom stereocenters. The number of hydrogen-bond acceptors (Lipinski definition) is 7. The summed E-state index contributed by atoms with van der Waals surface area (Å²) in [6.07, 6.45) is -7.06. The van der Waals surface area contributed by atoms with Crippen molar-refractivity contribution in [2.45, 2.75) is 43.3 Å². The third-order valence-corrected chi connectivity index (χ3v) is 3.33. The van der Waals surface area contributed by atoms with Crippen LogP contribution in [0.5, 0.6) is 0 Å². The average molecular weight is 293 g/mol. The van der Waals surface area contributed by atoms with Crippen molar-refractivity contribution in [2.75, 3.05) is 13.2 Å². The minimum absolute atomic E-state index is 0.123. The molecule has 0 radical (unpaired) electrons. The van der Waals surface area contributed by atoms with Gasteiger partial charge in [0.1, 0.15) is 24.4 Å². The van der Waals surface area contributed by atoms with Crippen molar-refractivity contribution >= 4 is 11.9 Å². The van der Waals surface area contributed by atoms with E-state index in [1.54, 1.807) is 0 Å². The molecule has 1 rings (SSSR count). The maximum absolute atomic E-state index is 11.9. The van der Waals surface area contributed by atoms with Crippen LogP contribution < -0.4 is 0 Å². The second-order valence-corrected chi connectivity index (χ2v) is 4.70. The molecule has 20 heavy (non-hydrogen) atoms. The van der Waals surface area contributed by atoms with Crippen molar-refractivity contribution < 1.29 is 40.2 Å². The molecule has 1 fully saturated rings. The average Bonchev–Trinajstić information content (AvgIpc) is 2.92. The Kier molecular flexibility index (Phi) is 5.84. The summed E-state index contributed by atoms with van der Waals surface area (Å²) in [5.41, 5.74) is 0. The summed E-state index contributed by atoms with van der Waals surface area (Å²) >= 11 is 0. The van der Waals surface area contributed by atoms with Gasteiger partial charge < -0.3 is 35.5 Å². The molecule has 1 amide bonds. The van der Waals surface area contributed by atoms with Crippen LogP contribution in [-0.4, -0.2) is 91.0 Å². The summed E-state index contributed by atoms with van der Waals surface area (Å²) in [4.78, 5) is 23.8.